The van der Waals surface area contributed by atoms with Crippen LogP contribution in [-0.4, -0.2) is 4.57 Å². The van der Waals surface area contributed by atoms with Crippen LogP contribution in [0.5, 0.6) is 0 Å². The van der Waals surface area contributed by atoms with Gasteiger partial charge in [0.2, 0.25) is 0 Å². The average molecular weight is 729 g/mol. The highest BCUT2D eigenvalue weighted by Gasteiger charge is 2.36. The van der Waals surface area contributed by atoms with E-state index in [4.69, 9.17) is 0 Å². The van der Waals surface area contributed by atoms with E-state index in [0.29, 0.717) is 0 Å². The maximum absolute atomic E-state index is 2.49. The van der Waals surface area contributed by atoms with Crippen LogP contribution in [0.4, 0.5) is 17.1 Å². The fourth-order valence-electron chi connectivity index (χ4n) is 9.25. The van der Waals surface area contributed by atoms with Crippen LogP contribution in [0.15, 0.2) is 206 Å². The molecular formula is C55H40N2. The summed E-state index contributed by atoms with van der Waals surface area (Å²) in [5.74, 6) is 0. The van der Waals surface area contributed by atoms with Gasteiger partial charge in [-0.1, -0.05) is 159 Å². The molecule has 2 nitrogen and oxygen atoms in total. The SMILES string of the molecule is CC1(C)c2ccccc2-c2cc3c(cc21)c1ccc(N(c2ccc(-c4ccccc4)cc2)c2ccc(-c4ccccc4)cc2)cc1n3-c1ccc2ccccc2c1. The Morgan fingerprint density at radius 3 is 1.58 bits per heavy atom. The fraction of sp³-hybridized carbons (Fsp3) is 0.0545. The molecule has 0 unspecified atom stereocenters. The summed E-state index contributed by atoms with van der Waals surface area (Å²) in [6.45, 7) is 4.74. The predicted molar refractivity (Wildman–Crippen MR) is 241 cm³/mol. The van der Waals surface area contributed by atoms with Gasteiger partial charge in [0.15, 0.2) is 0 Å². The highest BCUT2D eigenvalue weighted by atomic mass is 15.1. The molecule has 0 bridgehead atoms. The lowest BCUT2D eigenvalue weighted by Crippen LogP contribution is -2.14. The largest absolute Gasteiger partial charge is 0.310 e. The first-order valence-corrected chi connectivity index (χ1v) is 19.8. The molecule has 0 saturated heterocycles. The first kappa shape index (κ1) is 33.2. The van der Waals surface area contributed by atoms with Crippen LogP contribution in [0.3, 0.4) is 0 Å². The Hall–Kier alpha value is -7.16. The van der Waals surface area contributed by atoms with Crippen molar-refractivity contribution in [1.82, 2.24) is 4.57 Å². The van der Waals surface area contributed by atoms with Crippen molar-refractivity contribution in [2.45, 2.75) is 19.3 Å². The van der Waals surface area contributed by atoms with Gasteiger partial charge in [0.05, 0.1) is 11.0 Å². The summed E-state index contributed by atoms with van der Waals surface area (Å²) >= 11 is 0. The Labute approximate surface area is 333 Å². The maximum atomic E-state index is 2.49. The van der Waals surface area contributed by atoms with Gasteiger partial charge in [0, 0.05) is 38.9 Å². The van der Waals surface area contributed by atoms with Gasteiger partial charge in [-0.15, -0.1) is 0 Å². The normalized spacial score (nSPS) is 12.9. The third-order valence-electron chi connectivity index (χ3n) is 12.2. The minimum Gasteiger partial charge on any atom is -0.310 e. The summed E-state index contributed by atoms with van der Waals surface area (Å²) in [4.78, 5) is 2.39. The molecule has 0 atom stereocenters. The lowest BCUT2D eigenvalue weighted by atomic mass is 9.82. The van der Waals surface area contributed by atoms with Gasteiger partial charge in [-0.05, 0) is 116 Å². The van der Waals surface area contributed by atoms with Crippen molar-refractivity contribution in [3.05, 3.63) is 217 Å². The van der Waals surface area contributed by atoms with Crippen LogP contribution in [0.25, 0.3) is 71.6 Å². The van der Waals surface area contributed by atoms with Gasteiger partial charge in [-0.2, -0.15) is 0 Å². The van der Waals surface area contributed by atoms with E-state index in [1.54, 1.807) is 0 Å². The number of anilines is 3. The third-order valence-corrected chi connectivity index (χ3v) is 12.2. The number of aromatic nitrogens is 1. The van der Waals surface area contributed by atoms with Gasteiger partial charge < -0.3 is 9.47 Å². The number of hydrogen-bond acceptors (Lipinski definition) is 1. The summed E-state index contributed by atoms with van der Waals surface area (Å²) in [5, 5.41) is 4.99. The molecule has 10 aromatic rings. The molecule has 0 aliphatic heterocycles. The first-order valence-electron chi connectivity index (χ1n) is 19.8. The molecule has 11 rings (SSSR count). The van der Waals surface area contributed by atoms with Crippen molar-refractivity contribution >= 4 is 49.6 Å². The van der Waals surface area contributed by atoms with Gasteiger partial charge in [-0.3, -0.25) is 0 Å². The molecule has 0 saturated carbocycles. The van der Waals surface area contributed by atoms with E-state index in [-0.39, 0.29) is 5.41 Å². The number of hydrogen-bond donors (Lipinski definition) is 0. The van der Waals surface area contributed by atoms with Crippen molar-refractivity contribution in [3.63, 3.8) is 0 Å². The van der Waals surface area contributed by atoms with Crippen molar-refractivity contribution in [2.24, 2.45) is 0 Å². The molecular weight excluding hydrogens is 689 g/mol. The Bertz CT molecular complexity index is 3030. The van der Waals surface area contributed by atoms with Crippen molar-refractivity contribution in [1.29, 1.82) is 0 Å². The predicted octanol–water partition coefficient (Wildman–Crippen LogP) is 15.0. The summed E-state index contributed by atoms with van der Waals surface area (Å²) in [7, 11) is 0. The molecule has 0 radical (unpaired) electrons. The third kappa shape index (κ3) is 5.40. The Morgan fingerprint density at radius 2 is 0.912 bits per heavy atom. The van der Waals surface area contributed by atoms with Crippen LogP contribution in [0.2, 0.25) is 0 Å². The van der Waals surface area contributed by atoms with E-state index in [1.165, 1.54) is 77.1 Å². The molecule has 1 aromatic heterocycles. The summed E-state index contributed by atoms with van der Waals surface area (Å²) < 4.78 is 2.49. The summed E-state index contributed by atoms with van der Waals surface area (Å²) in [6.07, 6.45) is 0. The average Bonchev–Trinajstić information content (AvgIpc) is 3.71. The molecule has 1 aliphatic rings. The highest BCUT2D eigenvalue weighted by Crippen LogP contribution is 2.51. The number of benzene rings is 9. The van der Waals surface area contributed by atoms with Gasteiger partial charge in [0.25, 0.3) is 0 Å². The minimum absolute atomic E-state index is 0.0912. The molecule has 2 heteroatoms. The quantitative estimate of drug-likeness (QED) is 0.165. The topological polar surface area (TPSA) is 8.17 Å². The molecule has 57 heavy (non-hydrogen) atoms. The smallest absolute Gasteiger partial charge is 0.0561 e. The van der Waals surface area contributed by atoms with E-state index < -0.39 is 0 Å². The monoisotopic (exact) mass is 728 g/mol. The number of rotatable bonds is 6. The first-order chi connectivity index (χ1) is 28.0. The second kappa shape index (κ2) is 13.0. The maximum Gasteiger partial charge on any atom is 0.0561 e. The summed E-state index contributed by atoms with van der Waals surface area (Å²) in [6, 6.07) is 75.6. The van der Waals surface area contributed by atoms with E-state index in [1.807, 2.05) is 0 Å². The van der Waals surface area contributed by atoms with E-state index in [9.17, 15) is 0 Å². The molecule has 9 aromatic carbocycles. The van der Waals surface area contributed by atoms with E-state index in [0.717, 1.165) is 22.7 Å². The zero-order chi connectivity index (χ0) is 38.1. The standard InChI is InChI=1S/C55H40N2/c1-55(2)51-20-12-11-19-47(51)49-36-54-50(35-52(49)55)48-32-31-46(34-53(48)57(54)45-30-25-39-17-9-10-18-42(39)33-45)56(43-26-21-40(22-27-43)37-13-5-3-6-14-37)44-28-23-41(24-29-44)38-15-7-4-8-16-38/h3-36H,1-2H3. The molecule has 1 aliphatic carbocycles. The van der Waals surface area contributed by atoms with E-state index >= 15 is 0 Å². The second-order valence-corrected chi connectivity index (χ2v) is 15.8. The molecule has 270 valence electrons. The van der Waals surface area contributed by atoms with Gasteiger partial charge in [0.1, 0.15) is 0 Å². The molecule has 1 heterocycles. The molecule has 0 N–H and O–H groups in total. The minimum atomic E-state index is -0.0912. The zero-order valence-corrected chi connectivity index (χ0v) is 32.0. The number of nitrogens with zero attached hydrogens (tertiary/aromatic N) is 2. The van der Waals surface area contributed by atoms with Crippen molar-refractivity contribution in [3.8, 4) is 39.1 Å². The van der Waals surface area contributed by atoms with E-state index in [2.05, 4.69) is 230 Å². The van der Waals surface area contributed by atoms with Crippen LogP contribution in [0.1, 0.15) is 25.0 Å². The van der Waals surface area contributed by atoms with Crippen molar-refractivity contribution < 1.29 is 0 Å². The lowest BCUT2D eigenvalue weighted by Gasteiger charge is -2.26. The van der Waals surface area contributed by atoms with Gasteiger partial charge >= 0.3 is 0 Å². The summed E-state index contributed by atoms with van der Waals surface area (Å²) in [5.41, 5.74) is 17.0. The Kier molecular flexibility index (Phi) is 7.55. The second-order valence-electron chi connectivity index (χ2n) is 15.8. The lowest BCUT2D eigenvalue weighted by molar-refractivity contribution is 0.661. The molecule has 0 fully saturated rings. The van der Waals surface area contributed by atoms with Crippen LogP contribution < -0.4 is 4.90 Å². The van der Waals surface area contributed by atoms with Gasteiger partial charge in [-0.25, -0.2) is 0 Å². The number of fused-ring (bicyclic) bond motifs is 7. The van der Waals surface area contributed by atoms with Crippen LogP contribution >= 0.6 is 0 Å². The fourth-order valence-corrected chi connectivity index (χ4v) is 9.25. The highest BCUT2D eigenvalue weighted by molar-refractivity contribution is 6.12. The Balaban J connectivity index is 1.14. The Morgan fingerprint density at radius 1 is 0.368 bits per heavy atom. The molecule has 0 amide bonds. The van der Waals surface area contributed by atoms with Crippen LogP contribution in [-0.2, 0) is 5.41 Å². The zero-order valence-electron chi connectivity index (χ0n) is 32.0. The van der Waals surface area contributed by atoms with Crippen LogP contribution in [0, 0.1) is 0 Å². The molecule has 0 spiro atoms. The van der Waals surface area contributed by atoms with Crippen molar-refractivity contribution in [2.75, 3.05) is 4.90 Å².